The highest BCUT2D eigenvalue weighted by molar-refractivity contribution is 5.71. The van der Waals surface area contributed by atoms with Crippen LogP contribution in [0.5, 0.6) is 0 Å². The molecule has 2 nitrogen and oxygen atoms in total. The van der Waals surface area contributed by atoms with Gasteiger partial charge in [-0.15, -0.1) is 0 Å². The van der Waals surface area contributed by atoms with Crippen LogP contribution >= 0.6 is 0 Å². The van der Waals surface area contributed by atoms with E-state index in [9.17, 15) is 0 Å². The number of H-pyrrole nitrogens is 1. The topological polar surface area (TPSA) is 19.7 Å². The van der Waals surface area contributed by atoms with Gasteiger partial charge in [0.25, 0.3) is 0 Å². The van der Waals surface area contributed by atoms with E-state index in [-0.39, 0.29) is 0 Å². The van der Waals surface area contributed by atoms with Crippen LogP contribution in [-0.2, 0) is 0 Å². The van der Waals surface area contributed by atoms with Crippen molar-refractivity contribution in [3.05, 3.63) is 60.9 Å². The minimum absolute atomic E-state index is 1.15. The number of aromatic amines is 1. The zero-order valence-electron chi connectivity index (χ0n) is 8.22. The average molecular weight is 195 g/mol. The number of nitrogens with zero attached hydrogens (tertiary/aromatic N) is 1. The second-order valence-electron chi connectivity index (χ2n) is 3.50. The molecule has 3 rings (SSSR count). The third kappa shape index (κ3) is 1.31. The summed E-state index contributed by atoms with van der Waals surface area (Å²) in [6.07, 6.45) is 1.99. The molecule has 0 saturated heterocycles. The second-order valence-corrected chi connectivity index (χ2v) is 3.50. The molecule has 2 heteroatoms. The molecule has 0 atom stereocenters. The molecule has 0 fully saturated rings. The summed E-state index contributed by atoms with van der Waals surface area (Å²) in [5, 5.41) is 0. The highest BCUT2D eigenvalue weighted by Crippen LogP contribution is 2.08. The molecule has 0 unspecified atom stereocenters. The van der Waals surface area contributed by atoms with Gasteiger partial charge in [-0.1, -0.05) is 30.3 Å². The first-order chi connectivity index (χ1) is 7.45. The van der Waals surface area contributed by atoms with E-state index in [2.05, 4.69) is 39.9 Å². The van der Waals surface area contributed by atoms with E-state index in [1.54, 1.807) is 0 Å². The molecular formula is C13H11N2+. The van der Waals surface area contributed by atoms with Crippen LogP contribution in [0.4, 0.5) is 0 Å². The van der Waals surface area contributed by atoms with E-state index in [4.69, 9.17) is 0 Å². The van der Waals surface area contributed by atoms with Gasteiger partial charge in [0.1, 0.15) is 5.69 Å². The zero-order chi connectivity index (χ0) is 10.1. The van der Waals surface area contributed by atoms with Gasteiger partial charge in [0.2, 0.25) is 6.33 Å². The third-order valence-corrected chi connectivity index (χ3v) is 2.55. The lowest BCUT2D eigenvalue weighted by Gasteiger charge is -1.95. The van der Waals surface area contributed by atoms with Crippen molar-refractivity contribution in [2.24, 2.45) is 0 Å². The first-order valence-electron chi connectivity index (χ1n) is 4.98. The molecule has 0 aliphatic rings. The van der Waals surface area contributed by atoms with E-state index in [1.807, 2.05) is 30.6 Å². The summed E-state index contributed by atoms with van der Waals surface area (Å²) in [5.41, 5.74) is 3.53. The standard InChI is InChI=1S/C13H10N2/c1-2-6-11(7-3-1)15-10-14-12-8-4-5-9-13(12)15/h1-10H/p+1. The summed E-state index contributed by atoms with van der Waals surface area (Å²) in [4.78, 5) is 3.25. The summed E-state index contributed by atoms with van der Waals surface area (Å²) in [6.45, 7) is 0. The van der Waals surface area contributed by atoms with Gasteiger partial charge in [-0.3, -0.25) is 0 Å². The lowest BCUT2D eigenvalue weighted by Crippen LogP contribution is -2.27. The number of imidazole rings is 1. The fourth-order valence-corrected chi connectivity index (χ4v) is 1.81. The molecular weight excluding hydrogens is 184 g/mol. The monoisotopic (exact) mass is 195 g/mol. The number of benzene rings is 2. The Kier molecular flexibility index (Phi) is 1.78. The molecule has 0 radical (unpaired) electrons. The van der Waals surface area contributed by atoms with Gasteiger partial charge < -0.3 is 0 Å². The van der Waals surface area contributed by atoms with Crippen LogP contribution in [0.2, 0.25) is 0 Å². The van der Waals surface area contributed by atoms with Gasteiger partial charge in [0.05, 0.1) is 0 Å². The molecule has 72 valence electrons. The number of hydrogen-bond donors (Lipinski definition) is 1. The quantitative estimate of drug-likeness (QED) is 0.575. The summed E-state index contributed by atoms with van der Waals surface area (Å²) >= 11 is 0. The summed E-state index contributed by atoms with van der Waals surface area (Å²) < 4.78 is 2.15. The maximum Gasteiger partial charge on any atom is 0.247 e. The second kappa shape index (κ2) is 3.24. The molecule has 0 amide bonds. The molecule has 0 spiro atoms. The molecule has 15 heavy (non-hydrogen) atoms. The van der Waals surface area contributed by atoms with Crippen molar-refractivity contribution >= 4 is 11.0 Å². The number of aromatic nitrogens is 2. The van der Waals surface area contributed by atoms with Crippen LogP contribution in [0.1, 0.15) is 0 Å². The van der Waals surface area contributed by atoms with E-state index in [0.717, 1.165) is 5.52 Å². The van der Waals surface area contributed by atoms with Gasteiger partial charge in [0.15, 0.2) is 11.0 Å². The highest BCUT2D eigenvalue weighted by Gasteiger charge is 2.09. The Morgan fingerprint density at radius 1 is 0.800 bits per heavy atom. The molecule has 0 aliphatic heterocycles. The van der Waals surface area contributed by atoms with Crippen LogP contribution in [-0.4, -0.2) is 4.98 Å². The van der Waals surface area contributed by atoms with Gasteiger partial charge in [-0.05, 0) is 24.3 Å². The minimum atomic E-state index is 1.15. The van der Waals surface area contributed by atoms with Crippen molar-refractivity contribution in [2.45, 2.75) is 0 Å². The van der Waals surface area contributed by atoms with Crippen molar-refractivity contribution in [1.29, 1.82) is 0 Å². The van der Waals surface area contributed by atoms with Gasteiger partial charge in [-0.2, -0.15) is 4.57 Å². The van der Waals surface area contributed by atoms with Crippen molar-refractivity contribution in [1.82, 2.24) is 4.98 Å². The predicted octanol–water partition coefficient (Wildman–Crippen LogP) is 2.44. The molecule has 1 heterocycles. The predicted molar refractivity (Wildman–Crippen MR) is 59.8 cm³/mol. The van der Waals surface area contributed by atoms with Crippen LogP contribution in [0.15, 0.2) is 60.9 Å². The minimum Gasteiger partial charge on any atom is -0.243 e. The molecule has 1 aromatic heterocycles. The van der Waals surface area contributed by atoms with Crippen LogP contribution in [0.25, 0.3) is 16.7 Å². The highest BCUT2D eigenvalue weighted by atomic mass is 15.0. The van der Waals surface area contributed by atoms with Crippen molar-refractivity contribution in [2.75, 3.05) is 0 Å². The molecule has 2 aromatic carbocycles. The SMILES string of the molecule is c1ccc(-[n+]2c[nH]c3ccccc32)cc1. The number of rotatable bonds is 1. The van der Waals surface area contributed by atoms with Crippen LogP contribution in [0, 0.1) is 0 Å². The number of fused-ring (bicyclic) bond motifs is 1. The number of hydrogen-bond acceptors (Lipinski definition) is 0. The first kappa shape index (κ1) is 8.24. The Hall–Kier alpha value is -2.09. The van der Waals surface area contributed by atoms with Crippen molar-refractivity contribution in [3.63, 3.8) is 0 Å². The Labute approximate surface area is 87.8 Å². The third-order valence-electron chi connectivity index (χ3n) is 2.55. The smallest absolute Gasteiger partial charge is 0.243 e. The van der Waals surface area contributed by atoms with E-state index in [1.165, 1.54) is 11.2 Å². The molecule has 0 aliphatic carbocycles. The van der Waals surface area contributed by atoms with Gasteiger partial charge in [-0.25, -0.2) is 4.98 Å². The van der Waals surface area contributed by atoms with E-state index in [0.29, 0.717) is 0 Å². The van der Waals surface area contributed by atoms with Crippen LogP contribution in [0.3, 0.4) is 0 Å². The average Bonchev–Trinajstić information content (AvgIpc) is 2.74. The zero-order valence-corrected chi connectivity index (χ0v) is 8.22. The summed E-state index contributed by atoms with van der Waals surface area (Å²) in [5.74, 6) is 0. The lowest BCUT2D eigenvalue weighted by molar-refractivity contribution is -0.567. The normalized spacial score (nSPS) is 10.7. The fraction of sp³-hybridized carbons (Fsp3) is 0. The first-order valence-corrected chi connectivity index (χ1v) is 4.98. The summed E-state index contributed by atoms with van der Waals surface area (Å²) in [6, 6.07) is 18.6. The largest absolute Gasteiger partial charge is 0.247 e. The Morgan fingerprint density at radius 2 is 1.53 bits per heavy atom. The molecule has 1 N–H and O–H groups in total. The van der Waals surface area contributed by atoms with E-state index >= 15 is 0 Å². The Morgan fingerprint density at radius 3 is 2.40 bits per heavy atom. The maximum absolute atomic E-state index is 3.25. The molecule has 0 saturated carbocycles. The maximum atomic E-state index is 3.25. The lowest BCUT2D eigenvalue weighted by atomic mass is 10.3. The van der Waals surface area contributed by atoms with Crippen molar-refractivity contribution in [3.8, 4) is 5.69 Å². The Bertz CT molecular complexity index is 582. The van der Waals surface area contributed by atoms with Crippen molar-refractivity contribution < 1.29 is 4.57 Å². The van der Waals surface area contributed by atoms with E-state index < -0.39 is 0 Å². The number of nitrogens with one attached hydrogen (secondary N) is 1. The fourth-order valence-electron chi connectivity index (χ4n) is 1.81. The van der Waals surface area contributed by atoms with Gasteiger partial charge in [0, 0.05) is 0 Å². The summed E-state index contributed by atoms with van der Waals surface area (Å²) in [7, 11) is 0. The Balaban J connectivity index is 2.28. The number of para-hydroxylation sites is 3. The molecule has 3 aromatic rings. The molecule has 0 bridgehead atoms. The van der Waals surface area contributed by atoms with Crippen LogP contribution < -0.4 is 4.57 Å². The van der Waals surface area contributed by atoms with Gasteiger partial charge >= 0.3 is 0 Å².